The molecule has 1 aromatic heterocycles. The van der Waals surface area contributed by atoms with E-state index >= 15 is 0 Å². The summed E-state index contributed by atoms with van der Waals surface area (Å²) in [6, 6.07) is 14.2. The van der Waals surface area contributed by atoms with Gasteiger partial charge in [-0.25, -0.2) is 0 Å². The summed E-state index contributed by atoms with van der Waals surface area (Å²) in [5.41, 5.74) is 4.60. The van der Waals surface area contributed by atoms with Crippen LogP contribution in [0.4, 0.5) is 0 Å². The highest BCUT2D eigenvalue weighted by atomic mass is 16.5. The number of nitrogens with zero attached hydrogens (tertiary/aromatic N) is 1. The smallest absolute Gasteiger partial charge is 0.258 e. The number of benzene rings is 2. The Hall–Kier alpha value is -2.67. The average Bonchev–Trinajstić information content (AvgIpc) is 3.23. The third-order valence-electron chi connectivity index (χ3n) is 5.28. The van der Waals surface area contributed by atoms with Crippen molar-refractivity contribution in [1.29, 1.82) is 0 Å². The van der Waals surface area contributed by atoms with Crippen molar-refractivity contribution in [3.05, 3.63) is 77.4 Å². The van der Waals surface area contributed by atoms with Gasteiger partial charge in [-0.1, -0.05) is 30.3 Å². The molecule has 0 amide bonds. The van der Waals surface area contributed by atoms with Crippen molar-refractivity contribution < 1.29 is 24.1 Å². The lowest BCUT2D eigenvalue weighted by Gasteiger charge is -2.32. The van der Waals surface area contributed by atoms with Gasteiger partial charge in [0, 0.05) is 12.8 Å². The number of aliphatic hydroxyl groups is 2. The first-order valence-electron chi connectivity index (χ1n) is 9.79. The van der Waals surface area contributed by atoms with Gasteiger partial charge in [0.1, 0.15) is 5.75 Å². The number of aryl methyl sites for hydroxylation is 1. The summed E-state index contributed by atoms with van der Waals surface area (Å²) < 4.78 is 16.5. The predicted octanol–water partition coefficient (Wildman–Crippen LogP) is 3.94. The molecule has 0 saturated carbocycles. The Morgan fingerprint density at radius 2 is 1.97 bits per heavy atom. The quantitative estimate of drug-likeness (QED) is 0.658. The topological polar surface area (TPSA) is 85.0 Å². The van der Waals surface area contributed by atoms with E-state index in [9.17, 15) is 10.2 Å². The van der Waals surface area contributed by atoms with Crippen LogP contribution < -0.4 is 4.74 Å². The van der Waals surface area contributed by atoms with Crippen LogP contribution in [0.25, 0.3) is 0 Å². The molecule has 1 aliphatic heterocycles. The van der Waals surface area contributed by atoms with Crippen LogP contribution in [0, 0.1) is 6.92 Å². The maximum atomic E-state index is 10.1. The molecule has 0 radical (unpaired) electrons. The van der Waals surface area contributed by atoms with Crippen LogP contribution in [0.15, 0.2) is 59.5 Å². The molecule has 0 aliphatic carbocycles. The standard InChI is InChI=1S/C23H25NO5/c1-15-2-5-17(22-11-19(26)10-21(12-25)28-22)9-18(15)8-16-3-6-20(7-4-16)29-23-13-27-14-24-23/h2-7,9,13-14,19,21-22,25-26H,8,10-12H2,1H3/t19?,21-,22+/m0/s1. The van der Waals surface area contributed by atoms with Gasteiger partial charge in [-0.15, -0.1) is 0 Å². The van der Waals surface area contributed by atoms with Gasteiger partial charge in [0.15, 0.2) is 12.7 Å². The van der Waals surface area contributed by atoms with Crippen LogP contribution in [0.2, 0.25) is 0 Å². The zero-order valence-corrected chi connectivity index (χ0v) is 16.3. The van der Waals surface area contributed by atoms with Gasteiger partial charge in [-0.3, -0.25) is 0 Å². The fraction of sp³-hybridized carbons (Fsp3) is 0.348. The van der Waals surface area contributed by atoms with E-state index < -0.39 is 6.10 Å². The van der Waals surface area contributed by atoms with Crippen LogP contribution in [0.5, 0.6) is 11.6 Å². The Balaban J connectivity index is 1.48. The summed E-state index contributed by atoms with van der Waals surface area (Å²) in [7, 11) is 0. The maximum absolute atomic E-state index is 10.1. The number of oxazole rings is 1. The van der Waals surface area contributed by atoms with E-state index in [-0.39, 0.29) is 18.8 Å². The Labute approximate surface area is 169 Å². The second-order valence-corrected chi connectivity index (χ2v) is 7.49. The molecule has 2 N–H and O–H groups in total. The van der Waals surface area contributed by atoms with Crippen molar-refractivity contribution in [1.82, 2.24) is 4.98 Å². The summed E-state index contributed by atoms with van der Waals surface area (Å²) in [5.74, 6) is 1.13. The SMILES string of the molecule is Cc1ccc([C@H]2CC(O)C[C@@H](CO)O2)cc1Cc1ccc(Oc2cocn2)cc1. The molecule has 29 heavy (non-hydrogen) atoms. The minimum absolute atomic E-state index is 0.0744. The highest BCUT2D eigenvalue weighted by Gasteiger charge is 2.29. The van der Waals surface area contributed by atoms with E-state index in [1.807, 2.05) is 30.3 Å². The van der Waals surface area contributed by atoms with E-state index in [0.29, 0.717) is 24.5 Å². The summed E-state index contributed by atoms with van der Waals surface area (Å²) in [4.78, 5) is 3.95. The van der Waals surface area contributed by atoms with Gasteiger partial charge in [0.05, 0.1) is 24.9 Å². The van der Waals surface area contributed by atoms with Crippen molar-refractivity contribution in [3.8, 4) is 11.6 Å². The monoisotopic (exact) mass is 395 g/mol. The fourth-order valence-electron chi connectivity index (χ4n) is 3.67. The number of aliphatic hydroxyl groups excluding tert-OH is 2. The van der Waals surface area contributed by atoms with E-state index in [1.165, 1.54) is 23.8 Å². The highest BCUT2D eigenvalue weighted by Crippen LogP contribution is 2.33. The molecule has 1 unspecified atom stereocenters. The van der Waals surface area contributed by atoms with Gasteiger partial charge in [-0.2, -0.15) is 4.98 Å². The predicted molar refractivity (Wildman–Crippen MR) is 107 cm³/mol. The van der Waals surface area contributed by atoms with E-state index in [0.717, 1.165) is 17.5 Å². The van der Waals surface area contributed by atoms with Crippen molar-refractivity contribution in [3.63, 3.8) is 0 Å². The van der Waals surface area contributed by atoms with Crippen molar-refractivity contribution in [2.75, 3.05) is 6.61 Å². The van der Waals surface area contributed by atoms with Gasteiger partial charge in [0.2, 0.25) is 0 Å². The fourth-order valence-corrected chi connectivity index (χ4v) is 3.67. The van der Waals surface area contributed by atoms with E-state index in [2.05, 4.69) is 24.0 Å². The average molecular weight is 395 g/mol. The van der Waals surface area contributed by atoms with Crippen LogP contribution >= 0.6 is 0 Å². The summed E-state index contributed by atoms with van der Waals surface area (Å²) in [5, 5.41) is 19.5. The highest BCUT2D eigenvalue weighted by molar-refractivity contribution is 5.38. The first-order chi connectivity index (χ1) is 14.1. The molecule has 0 bridgehead atoms. The molecule has 0 spiro atoms. The van der Waals surface area contributed by atoms with Gasteiger partial charge >= 0.3 is 0 Å². The summed E-state index contributed by atoms with van der Waals surface area (Å²) >= 11 is 0. The number of hydrogen-bond donors (Lipinski definition) is 2. The molecular formula is C23H25NO5. The van der Waals surface area contributed by atoms with Crippen LogP contribution in [0.3, 0.4) is 0 Å². The molecule has 2 aromatic carbocycles. The zero-order chi connectivity index (χ0) is 20.2. The lowest BCUT2D eigenvalue weighted by molar-refractivity contribution is -0.113. The lowest BCUT2D eigenvalue weighted by atomic mass is 9.92. The first-order valence-corrected chi connectivity index (χ1v) is 9.79. The second kappa shape index (κ2) is 8.78. The van der Waals surface area contributed by atoms with Crippen LogP contribution in [0.1, 0.15) is 41.2 Å². The Kier molecular flexibility index (Phi) is 5.94. The van der Waals surface area contributed by atoms with Crippen LogP contribution in [-0.4, -0.2) is 34.0 Å². The lowest BCUT2D eigenvalue weighted by Crippen LogP contribution is -2.33. The molecule has 1 saturated heterocycles. The molecule has 6 heteroatoms. The largest absolute Gasteiger partial charge is 0.448 e. The molecule has 2 heterocycles. The molecule has 4 rings (SSSR count). The molecule has 152 valence electrons. The van der Waals surface area contributed by atoms with Crippen LogP contribution in [-0.2, 0) is 11.2 Å². The molecule has 1 aliphatic rings. The summed E-state index contributed by atoms with van der Waals surface area (Å²) in [6.45, 7) is 2.02. The second-order valence-electron chi connectivity index (χ2n) is 7.49. The van der Waals surface area contributed by atoms with E-state index in [1.54, 1.807) is 0 Å². The van der Waals surface area contributed by atoms with E-state index in [4.69, 9.17) is 13.9 Å². The third-order valence-corrected chi connectivity index (χ3v) is 5.28. The van der Waals surface area contributed by atoms with Gasteiger partial charge in [0.25, 0.3) is 5.88 Å². The zero-order valence-electron chi connectivity index (χ0n) is 16.3. The van der Waals surface area contributed by atoms with Crippen molar-refractivity contribution in [2.24, 2.45) is 0 Å². The number of rotatable bonds is 6. The molecule has 6 nitrogen and oxygen atoms in total. The normalized spacial score (nSPS) is 21.8. The maximum Gasteiger partial charge on any atom is 0.258 e. The molecule has 3 atom stereocenters. The Bertz CT molecular complexity index is 923. The number of aromatic nitrogens is 1. The van der Waals surface area contributed by atoms with Crippen molar-refractivity contribution >= 4 is 0 Å². The minimum atomic E-state index is -0.451. The molecule has 1 fully saturated rings. The molecule has 3 aromatic rings. The van der Waals surface area contributed by atoms with Crippen molar-refractivity contribution in [2.45, 2.75) is 44.5 Å². The number of hydrogen-bond acceptors (Lipinski definition) is 6. The Morgan fingerprint density at radius 3 is 2.69 bits per heavy atom. The third kappa shape index (κ3) is 4.85. The van der Waals surface area contributed by atoms with Gasteiger partial charge in [-0.05, 0) is 47.7 Å². The number of ether oxygens (including phenoxy) is 2. The molecular weight excluding hydrogens is 370 g/mol. The van der Waals surface area contributed by atoms with Gasteiger partial charge < -0.3 is 24.1 Å². The minimum Gasteiger partial charge on any atom is -0.448 e. The first kappa shape index (κ1) is 19.6. The summed E-state index contributed by atoms with van der Waals surface area (Å²) in [6.07, 6.45) is 3.63. The Morgan fingerprint density at radius 1 is 1.14 bits per heavy atom.